The molecule has 1 atom stereocenters. The fraction of sp³-hybridized carbons (Fsp3) is 0.767. The highest BCUT2D eigenvalue weighted by Crippen LogP contribution is 2.17. The minimum absolute atomic E-state index is 0.0754. The van der Waals surface area contributed by atoms with Crippen LogP contribution in [-0.4, -0.2) is 37.2 Å². The lowest BCUT2D eigenvalue weighted by Crippen LogP contribution is -2.30. The van der Waals surface area contributed by atoms with Crippen molar-refractivity contribution in [1.82, 2.24) is 0 Å². The van der Waals surface area contributed by atoms with E-state index in [1.807, 2.05) is 0 Å². The monoisotopic (exact) mass is 1100 g/mol. The van der Waals surface area contributed by atoms with Gasteiger partial charge in [-0.1, -0.05) is 311 Å². The van der Waals surface area contributed by atoms with E-state index in [0.717, 1.165) is 103 Å². The number of carbonyl (C=O) groups excluding carboxylic acids is 3. The summed E-state index contributed by atoms with van der Waals surface area (Å²) in [6.07, 6.45) is 88.8. The first-order valence-electron chi connectivity index (χ1n) is 34.1. The van der Waals surface area contributed by atoms with Gasteiger partial charge in [0.25, 0.3) is 0 Å². The van der Waals surface area contributed by atoms with Crippen molar-refractivity contribution in [3.8, 4) is 0 Å². The molecule has 0 heterocycles. The topological polar surface area (TPSA) is 78.9 Å². The minimum atomic E-state index is -0.780. The molecule has 0 aliphatic carbocycles. The molecule has 0 aromatic carbocycles. The third-order valence-electron chi connectivity index (χ3n) is 14.9. The minimum Gasteiger partial charge on any atom is -0.462 e. The quantitative estimate of drug-likeness (QED) is 0.0261. The molecule has 0 radical (unpaired) electrons. The number of ether oxygens (including phenoxy) is 3. The van der Waals surface area contributed by atoms with Gasteiger partial charge in [-0.2, -0.15) is 0 Å². The van der Waals surface area contributed by atoms with Gasteiger partial charge in [0.1, 0.15) is 13.2 Å². The van der Waals surface area contributed by atoms with Crippen LogP contribution in [0.4, 0.5) is 0 Å². The second-order valence-electron chi connectivity index (χ2n) is 22.7. The summed E-state index contributed by atoms with van der Waals surface area (Å²) >= 11 is 0. The van der Waals surface area contributed by atoms with Crippen LogP contribution in [0.1, 0.15) is 342 Å². The van der Waals surface area contributed by atoms with Gasteiger partial charge in [0.05, 0.1) is 0 Å². The van der Waals surface area contributed by atoms with Crippen LogP contribution in [0.25, 0.3) is 0 Å². The first kappa shape index (κ1) is 75.6. The molecule has 0 spiro atoms. The second-order valence-corrected chi connectivity index (χ2v) is 22.7. The van der Waals surface area contributed by atoms with Crippen LogP contribution in [0.15, 0.2) is 85.1 Å². The molecule has 6 heteroatoms. The maximum atomic E-state index is 12.9. The van der Waals surface area contributed by atoms with E-state index < -0.39 is 6.10 Å². The van der Waals surface area contributed by atoms with Crippen molar-refractivity contribution in [2.75, 3.05) is 13.2 Å². The Balaban J connectivity index is 4.24. The predicted octanol–water partition coefficient (Wildman–Crippen LogP) is 23.4. The highest BCUT2D eigenvalue weighted by molar-refractivity contribution is 5.71. The second kappa shape index (κ2) is 67.1. The van der Waals surface area contributed by atoms with E-state index >= 15 is 0 Å². The van der Waals surface area contributed by atoms with Gasteiger partial charge in [0, 0.05) is 19.3 Å². The molecule has 79 heavy (non-hydrogen) atoms. The van der Waals surface area contributed by atoms with E-state index in [0.29, 0.717) is 19.3 Å². The van der Waals surface area contributed by atoms with Crippen LogP contribution in [0, 0.1) is 0 Å². The fourth-order valence-electron chi connectivity index (χ4n) is 9.80. The van der Waals surface area contributed by atoms with Gasteiger partial charge in [-0.3, -0.25) is 14.4 Å². The Labute approximate surface area is 490 Å². The van der Waals surface area contributed by atoms with Crippen LogP contribution in [0.3, 0.4) is 0 Å². The smallest absolute Gasteiger partial charge is 0.306 e. The Bertz CT molecular complexity index is 1500. The molecular formula is C73H128O6. The van der Waals surface area contributed by atoms with Gasteiger partial charge >= 0.3 is 17.9 Å². The number of unbranched alkanes of at least 4 members (excludes halogenated alkanes) is 37. The van der Waals surface area contributed by atoms with Crippen molar-refractivity contribution in [2.24, 2.45) is 0 Å². The molecule has 1 unspecified atom stereocenters. The molecule has 0 fully saturated rings. The maximum Gasteiger partial charge on any atom is 0.306 e. The van der Waals surface area contributed by atoms with Crippen LogP contribution in [0.5, 0.6) is 0 Å². The Kier molecular flexibility index (Phi) is 64.2. The summed E-state index contributed by atoms with van der Waals surface area (Å²) in [7, 11) is 0. The Morgan fingerprint density at radius 2 is 0.494 bits per heavy atom. The molecule has 456 valence electrons. The first-order chi connectivity index (χ1) is 39.0. The van der Waals surface area contributed by atoms with E-state index in [4.69, 9.17) is 14.2 Å². The summed E-state index contributed by atoms with van der Waals surface area (Å²) in [5, 5.41) is 0. The van der Waals surface area contributed by atoms with Crippen LogP contribution < -0.4 is 0 Å². The summed E-state index contributed by atoms with van der Waals surface area (Å²) in [4.78, 5) is 38.4. The van der Waals surface area contributed by atoms with Crippen molar-refractivity contribution >= 4 is 17.9 Å². The summed E-state index contributed by atoms with van der Waals surface area (Å²) in [5.74, 6) is -0.868. The van der Waals surface area contributed by atoms with Crippen molar-refractivity contribution in [1.29, 1.82) is 0 Å². The van der Waals surface area contributed by atoms with Gasteiger partial charge in [0.15, 0.2) is 6.10 Å². The third kappa shape index (κ3) is 65.3. The van der Waals surface area contributed by atoms with Crippen molar-refractivity contribution < 1.29 is 28.6 Å². The standard InChI is InChI=1S/C73H128O6/c1-4-7-10-13-16-19-22-25-28-30-31-32-33-34-35-36-37-38-39-40-41-42-43-44-46-48-51-54-57-60-63-66-72(75)78-69-70(68-77-71(74)65-62-59-56-53-50-47-27-24-21-18-15-12-9-6-3)79-73(76)67-64-61-58-55-52-49-45-29-26-23-20-17-14-11-8-5-2/h7,10,16,19,25,28-29,31-32,34-35,37-38,45,70H,4-6,8-9,11-15,17-18,20-24,26-27,30,33,36,39-44,46-69H2,1-3H3/b10-7-,19-16-,28-25-,32-31-,35-34-,38-37-,45-29-. The molecule has 0 aromatic heterocycles. The van der Waals surface area contributed by atoms with Gasteiger partial charge in [-0.05, 0) is 96.3 Å². The summed E-state index contributed by atoms with van der Waals surface area (Å²) < 4.78 is 17.0. The average Bonchev–Trinajstić information content (AvgIpc) is 3.45. The third-order valence-corrected chi connectivity index (χ3v) is 14.9. The Hall–Kier alpha value is -3.41. The van der Waals surface area contributed by atoms with Gasteiger partial charge in [0.2, 0.25) is 0 Å². The molecule has 0 saturated heterocycles. The van der Waals surface area contributed by atoms with E-state index in [9.17, 15) is 14.4 Å². The molecular weight excluding hydrogens is 973 g/mol. The van der Waals surface area contributed by atoms with Crippen LogP contribution in [-0.2, 0) is 28.6 Å². The number of hydrogen-bond acceptors (Lipinski definition) is 6. The molecule has 0 N–H and O–H groups in total. The SMILES string of the molecule is CC/C=C\C/C=C\C/C=C\C/C=C\C/C=C\C/C=C\CCCCCCCCCCCCCCC(=O)OCC(COC(=O)CCCCCCCCCCCCCCCC)OC(=O)CCCCCCC/C=C\CCCCCCCCC. The molecule has 0 aliphatic heterocycles. The lowest BCUT2D eigenvalue weighted by Gasteiger charge is -2.18. The molecule has 0 bridgehead atoms. The molecule has 0 aromatic rings. The normalized spacial score (nSPS) is 12.6. The predicted molar refractivity (Wildman–Crippen MR) is 344 cm³/mol. The van der Waals surface area contributed by atoms with Crippen LogP contribution in [0.2, 0.25) is 0 Å². The number of rotatable bonds is 62. The number of allylic oxidation sites excluding steroid dienone is 14. The summed E-state index contributed by atoms with van der Waals surface area (Å²) in [6.45, 7) is 6.56. The summed E-state index contributed by atoms with van der Waals surface area (Å²) in [5.41, 5.74) is 0. The van der Waals surface area contributed by atoms with Crippen LogP contribution >= 0.6 is 0 Å². The largest absolute Gasteiger partial charge is 0.462 e. The first-order valence-corrected chi connectivity index (χ1v) is 34.1. The molecule has 0 amide bonds. The number of carbonyl (C=O) groups is 3. The van der Waals surface area contributed by atoms with E-state index in [2.05, 4.69) is 106 Å². The van der Waals surface area contributed by atoms with E-state index in [1.54, 1.807) is 0 Å². The Morgan fingerprint density at radius 1 is 0.266 bits per heavy atom. The zero-order chi connectivity index (χ0) is 57.1. The lowest BCUT2D eigenvalue weighted by molar-refractivity contribution is -0.167. The zero-order valence-corrected chi connectivity index (χ0v) is 52.4. The van der Waals surface area contributed by atoms with E-state index in [1.165, 1.54) is 199 Å². The Morgan fingerprint density at radius 3 is 0.785 bits per heavy atom. The van der Waals surface area contributed by atoms with Gasteiger partial charge in [-0.15, -0.1) is 0 Å². The molecule has 0 aliphatic rings. The van der Waals surface area contributed by atoms with E-state index in [-0.39, 0.29) is 31.1 Å². The fourth-order valence-corrected chi connectivity index (χ4v) is 9.80. The lowest BCUT2D eigenvalue weighted by atomic mass is 10.0. The van der Waals surface area contributed by atoms with Crippen molar-refractivity contribution in [3.63, 3.8) is 0 Å². The maximum absolute atomic E-state index is 12.9. The molecule has 6 nitrogen and oxygen atoms in total. The average molecular weight is 1100 g/mol. The van der Waals surface area contributed by atoms with Gasteiger partial charge in [-0.25, -0.2) is 0 Å². The molecule has 0 saturated carbocycles. The van der Waals surface area contributed by atoms with Crippen molar-refractivity contribution in [2.45, 2.75) is 348 Å². The number of esters is 3. The summed E-state index contributed by atoms with van der Waals surface area (Å²) in [6, 6.07) is 0. The molecule has 0 rings (SSSR count). The highest BCUT2D eigenvalue weighted by Gasteiger charge is 2.19. The number of hydrogen-bond donors (Lipinski definition) is 0. The zero-order valence-electron chi connectivity index (χ0n) is 52.4. The highest BCUT2D eigenvalue weighted by atomic mass is 16.6. The van der Waals surface area contributed by atoms with Crippen molar-refractivity contribution in [3.05, 3.63) is 85.1 Å². The van der Waals surface area contributed by atoms with Gasteiger partial charge < -0.3 is 14.2 Å².